The summed E-state index contributed by atoms with van der Waals surface area (Å²) in [7, 11) is 1.76. The highest BCUT2D eigenvalue weighted by Crippen LogP contribution is 2.24. The Bertz CT molecular complexity index is 913. The number of hydrogen-bond acceptors (Lipinski definition) is 4. The number of benzene rings is 2. The zero-order valence-electron chi connectivity index (χ0n) is 15.2. The standard InChI is InChI=1S/C20H21FN4OS/c1-14(15-8-4-3-5-9-15)12-22-18(26)13-27-20-24-23-19(25(20)2)16-10-6-7-11-17(16)21/h3-11,14H,12-13H2,1-2H3,(H,22,26)/t14-/m0/s1. The Kier molecular flexibility index (Phi) is 6.24. The number of halogens is 1. The van der Waals surface area contributed by atoms with Crippen LogP contribution in [0.1, 0.15) is 18.4 Å². The van der Waals surface area contributed by atoms with Gasteiger partial charge in [0.2, 0.25) is 5.91 Å². The molecule has 140 valence electrons. The Morgan fingerprint density at radius 1 is 1.15 bits per heavy atom. The predicted molar refractivity (Wildman–Crippen MR) is 105 cm³/mol. The summed E-state index contributed by atoms with van der Waals surface area (Å²) in [6.07, 6.45) is 0. The molecule has 0 radical (unpaired) electrons. The van der Waals surface area contributed by atoms with Crippen molar-refractivity contribution in [2.45, 2.75) is 18.0 Å². The maximum Gasteiger partial charge on any atom is 0.230 e. The molecule has 1 heterocycles. The molecule has 0 aliphatic rings. The molecule has 0 aliphatic heterocycles. The molecular formula is C20H21FN4OS. The minimum absolute atomic E-state index is 0.0711. The normalized spacial score (nSPS) is 12.0. The lowest BCUT2D eigenvalue weighted by atomic mass is 10.0. The fraction of sp³-hybridized carbons (Fsp3) is 0.250. The third kappa shape index (κ3) is 4.74. The average Bonchev–Trinajstić information content (AvgIpc) is 3.06. The first kappa shape index (κ1) is 19.1. The van der Waals surface area contributed by atoms with Crippen LogP contribution < -0.4 is 5.32 Å². The summed E-state index contributed by atoms with van der Waals surface area (Å²) >= 11 is 1.28. The topological polar surface area (TPSA) is 59.8 Å². The van der Waals surface area contributed by atoms with Crippen molar-refractivity contribution in [2.24, 2.45) is 7.05 Å². The van der Waals surface area contributed by atoms with E-state index in [9.17, 15) is 9.18 Å². The van der Waals surface area contributed by atoms with Crippen molar-refractivity contribution in [1.29, 1.82) is 0 Å². The first-order chi connectivity index (χ1) is 13.1. The van der Waals surface area contributed by atoms with E-state index in [1.165, 1.54) is 23.4 Å². The molecule has 0 saturated carbocycles. The molecule has 0 spiro atoms. The molecule has 1 N–H and O–H groups in total. The second-order valence-corrected chi connectivity index (χ2v) is 7.19. The molecule has 1 atom stereocenters. The van der Waals surface area contributed by atoms with E-state index in [0.717, 1.165) is 0 Å². The Morgan fingerprint density at radius 3 is 2.59 bits per heavy atom. The monoisotopic (exact) mass is 384 g/mol. The molecule has 0 bridgehead atoms. The lowest BCUT2D eigenvalue weighted by Gasteiger charge is -2.12. The van der Waals surface area contributed by atoms with Gasteiger partial charge in [0.25, 0.3) is 0 Å². The summed E-state index contributed by atoms with van der Waals surface area (Å²) in [4.78, 5) is 12.1. The first-order valence-electron chi connectivity index (χ1n) is 8.65. The molecule has 0 fully saturated rings. The van der Waals surface area contributed by atoms with Gasteiger partial charge in [-0.1, -0.05) is 61.2 Å². The molecule has 3 aromatic rings. The van der Waals surface area contributed by atoms with E-state index in [4.69, 9.17) is 0 Å². The molecule has 0 aliphatic carbocycles. The third-order valence-electron chi connectivity index (χ3n) is 4.26. The van der Waals surface area contributed by atoms with Crippen LogP contribution in [0, 0.1) is 5.82 Å². The Labute approximate surface area is 162 Å². The van der Waals surface area contributed by atoms with Crippen LogP contribution in [0.5, 0.6) is 0 Å². The molecule has 7 heteroatoms. The molecule has 2 aromatic carbocycles. The van der Waals surface area contributed by atoms with E-state index >= 15 is 0 Å². The van der Waals surface area contributed by atoms with Crippen LogP contribution in [0.15, 0.2) is 59.8 Å². The summed E-state index contributed by atoms with van der Waals surface area (Å²) in [5.41, 5.74) is 1.58. The summed E-state index contributed by atoms with van der Waals surface area (Å²) in [5, 5.41) is 11.6. The van der Waals surface area contributed by atoms with E-state index in [0.29, 0.717) is 23.1 Å². The second-order valence-electron chi connectivity index (χ2n) is 6.25. The number of rotatable bonds is 7. The quantitative estimate of drug-likeness (QED) is 0.632. The zero-order chi connectivity index (χ0) is 19.2. The van der Waals surface area contributed by atoms with Crippen molar-refractivity contribution in [3.8, 4) is 11.4 Å². The van der Waals surface area contributed by atoms with Crippen LogP contribution in [0.2, 0.25) is 0 Å². The number of thioether (sulfide) groups is 1. The van der Waals surface area contributed by atoms with Crippen LogP contribution >= 0.6 is 11.8 Å². The Balaban J connectivity index is 1.54. The molecule has 0 unspecified atom stereocenters. The first-order valence-corrected chi connectivity index (χ1v) is 9.63. The molecule has 27 heavy (non-hydrogen) atoms. The fourth-order valence-electron chi connectivity index (χ4n) is 2.67. The fourth-order valence-corrected chi connectivity index (χ4v) is 3.41. The number of hydrogen-bond donors (Lipinski definition) is 1. The summed E-state index contributed by atoms with van der Waals surface area (Å²) in [6, 6.07) is 16.5. The highest BCUT2D eigenvalue weighted by atomic mass is 32.2. The lowest BCUT2D eigenvalue weighted by Crippen LogP contribution is -2.29. The van der Waals surface area contributed by atoms with Gasteiger partial charge >= 0.3 is 0 Å². The number of amides is 1. The minimum Gasteiger partial charge on any atom is -0.355 e. The Hall–Kier alpha value is -2.67. The number of carbonyl (C=O) groups excluding carboxylic acids is 1. The lowest BCUT2D eigenvalue weighted by molar-refractivity contribution is -0.118. The summed E-state index contributed by atoms with van der Waals surface area (Å²) in [6.45, 7) is 2.65. The van der Waals surface area contributed by atoms with Crippen molar-refractivity contribution in [2.75, 3.05) is 12.3 Å². The van der Waals surface area contributed by atoms with Crippen LogP contribution in [0.4, 0.5) is 4.39 Å². The van der Waals surface area contributed by atoms with Gasteiger partial charge in [-0.15, -0.1) is 10.2 Å². The van der Waals surface area contributed by atoms with E-state index in [2.05, 4.69) is 34.6 Å². The molecule has 0 saturated heterocycles. The molecule has 1 aromatic heterocycles. The van der Waals surface area contributed by atoms with Crippen LogP contribution in [-0.2, 0) is 11.8 Å². The van der Waals surface area contributed by atoms with E-state index < -0.39 is 0 Å². The maximum atomic E-state index is 13.9. The van der Waals surface area contributed by atoms with E-state index in [1.54, 1.807) is 29.8 Å². The molecule has 3 rings (SSSR count). The second kappa shape index (κ2) is 8.81. The third-order valence-corrected chi connectivity index (χ3v) is 5.28. The largest absolute Gasteiger partial charge is 0.355 e. The van der Waals surface area contributed by atoms with Gasteiger partial charge in [0.1, 0.15) is 5.82 Å². The smallest absolute Gasteiger partial charge is 0.230 e. The van der Waals surface area contributed by atoms with Gasteiger partial charge < -0.3 is 9.88 Å². The molecule has 5 nitrogen and oxygen atoms in total. The highest BCUT2D eigenvalue weighted by Gasteiger charge is 2.15. The number of aromatic nitrogens is 3. The van der Waals surface area contributed by atoms with Crippen molar-refractivity contribution >= 4 is 17.7 Å². The van der Waals surface area contributed by atoms with Crippen molar-refractivity contribution in [1.82, 2.24) is 20.1 Å². The van der Waals surface area contributed by atoms with E-state index in [-0.39, 0.29) is 23.4 Å². The van der Waals surface area contributed by atoms with Gasteiger partial charge in [0.15, 0.2) is 11.0 Å². The number of nitrogens with zero attached hydrogens (tertiary/aromatic N) is 3. The maximum absolute atomic E-state index is 13.9. The predicted octanol–water partition coefficient (Wildman–Crippen LogP) is 3.63. The van der Waals surface area contributed by atoms with Gasteiger partial charge in [-0.3, -0.25) is 4.79 Å². The molecular weight excluding hydrogens is 363 g/mol. The van der Waals surface area contributed by atoms with Crippen molar-refractivity contribution in [3.63, 3.8) is 0 Å². The van der Waals surface area contributed by atoms with Crippen LogP contribution in [0.3, 0.4) is 0 Å². The average molecular weight is 384 g/mol. The van der Waals surface area contributed by atoms with Gasteiger partial charge in [0.05, 0.1) is 11.3 Å². The van der Waals surface area contributed by atoms with Gasteiger partial charge in [-0.25, -0.2) is 4.39 Å². The van der Waals surface area contributed by atoms with Crippen molar-refractivity contribution < 1.29 is 9.18 Å². The van der Waals surface area contributed by atoms with E-state index in [1.807, 2.05) is 18.2 Å². The zero-order valence-corrected chi connectivity index (χ0v) is 16.0. The SMILES string of the molecule is C[C@@H](CNC(=O)CSc1nnc(-c2ccccc2F)n1C)c1ccccc1. The van der Waals surface area contributed by atoms with Crippen LogP contribution in [0.25, 0.3) is 11.4 Å². The highest BCUT2D eigenvalue weighted by molar-refractivity contribution is 7.99. The van der Waals surface area contributed by atoms with Gasteiger partial charge in [-0.05, 0) is 23.6 Å². The number of nitrogens with one attached hydrogen (secondary N) is 1. The van der Waals surface area contributed by atoms with Crippen LogP contribution in [-0.4, -0.2) is 33.0 Å². The van der Waals surface area contributed by atoms with Crippen molar-refractivity contribution in [3.05, 3.63) is 66.0 Å². The summed E-state index contributed by atoms with van der Waals surface area (Å²) < 4.78 is 15.6. The Morgan fingerprint density at radius 2 is 1.85 bits per heavy atom. The molecule has 1 amide bonds. The summed E-state index contributed by atoms with van der Waals surface area (Å²) in [5.74, 6) is 0.483. The minimum atomic E-state index is -0.350. The number of carbonyl (C=O) groups is 1. The van der Waals surface area contributed by atoms with Gasteiger partial charge in [-0.2, -0.15) is 0 Å². The van der Waals surface area contributed by atoms with Gasteiger partial charge in [0, 0.05) is 13.6 Å².